The highest BCUT2D eigenvalue weighted by Crippen LogP contribution is 2.18. The fourth-order valence-corrected chi connectivity index (χ4v) is 1.98. The Balaban J connectivity index is 2.70. The van der Waals surface area contributed by atoms with Crippen molar-refractivity contribution in [3.63, 3.8) is 0 Å². The molecule has 112 valence electrons. The van der Waals surface area contributed by atoms with Crippen LogP contribution >= 0.6 is 0 Å². The number of anilines is 1. The molecule has 1 aromatic rings. The van der Waals surface area contributed by atoms with Gasteiger partial charge in [-0.3, -0.25) is 4.79 Å². The Morgan fingerprint density at radius 3 is 2.65 bits per heavy atom. The summed E-state index contributed by atoms with van der Waals surface area (Å²) >= 11 is 0. The summed E-state index contributed by atoms with van der Waals surface area (Å²) in [6, 6.07) is 4.81. The number of ether oxygens (including phenoxy) is 1. The third kappa shape index (κ3) is 5.07. The largest absolute Gasteiger partial charge is 0.497 e. The lowest BCUT2D eigenvalue weighted by molar-refractivity contribution is 0.0326. The van der Waals surface area contributed by atoms with Crippen molar-refractivity contribution in [1.82, 2.24) is 10.2 Å². The van der Waals surface area contributed by atoms with Crippen LogP contribution in [0.2, 0.25) is 0 Å². The van der Waals surface area contributed by atoms with Crippen LogP contribution in [0.5, 0.6) is 5.75 Å². The molecule has 1 unspecified atom stereocenters. The molecule has 0 saturated heterocycles. The van der Waals surface area contributed by atoms with E-state index in [1.807, 2.05) is 19.0 Å². The molecule has 0 aromatic heterocycles. The van der Waals surface area contributed by atoms with Crippen molar-refractivity contribution < 1.29 is 14.6 Å². The first kappa shape index (κ1) is 16.3. The quantitative estimate of drug-likeness (QED) is 0.654. The van der Waals surface area contributed by atoms with Gasteiger partial charge < -0.3 is 25.8 Å². The van der Waals surface area contributed by atoms with Crippen LogP contribution in [-0.2, 0) is 0 Å². The second kappa shape index (κ2) is 6.58. The summed E-state index contributed by atoms with van der Waals surface area (Å²) in [5.74, 6) is 0.227. The second-order valence-corrected chi connectivity index (χ2v) is 5.41. The van der Waals surface area contributed by atoms with Gasteiger partial charge in [0.2, 0.25) is 0 Å². The molecule has 0 aliphatic rings. The van der Waals surface area contributed by atoms with E-state index in [0.717, 1.165) is 0 Å². The number of amides is 1. The Hall–Kier alpha value is -1.79. The van der Waals surface area contributed by atoms with Crippen molar-refractivity contribution in [2.24, 2.45) is 0 Å². The highest BCUT2D eigenvalue weighted by atomic mass is 16.5. The second-order valence-electron chi connectivity index (χ2n) is 5.41. The standard InChI is InChI=1S/C14H23N3O3/c1-14(19,9-17(2)3)8-16-13(18)10-5-11(15)7-12(6-10)20-4/h5-7,19H,8-9,15H2,1-4H3,(H,16,18). The van der Waals surface area contributed by atoms with Gasteiger partial charge >= 0.3 is 0 Å². The maximum atomic E-state index is 12.1. The van der Waals surface area contributed by atoms with Gasteiger partial charge in [-0.25, -0.2) is 0 Å². The van der Waals surface area contributed by atoms with E-state index in [1.165, 1.54) is 7.11 Å². The van der Waals surface area contributed by atoms with E-state index >= 15 is 0 Å². The van der Waals surface area contributed by atoms with Crippen LogP contribution < -0.4 is 15.8 Å². The van der Waals surface area contributed by atoms with E-state index in [1.54, 1.807) is 25.1 Å². The monoisotopic (exact) mass is 281 g/mol. The summed E-state index contributed by atoms with van der Waals surface area (Å²) in [6.07, 6.45) is 0. The van der Waals surface area contributed by atoms with Gasteiger partial charge in [0.05, 0.1) is 12.7 Å². The molecule has 0 aliphatic carbocycles. The van der Waals surface area contributed by atoms with Gasteiger partial charge in [0.25, 0.3) is 5.91 Å². The molecule has 0 aliphatic heterocycles. The summed E-state index contributed by atoms with van der Waals surface area (Å²) in [4.78, 5) is 13.9. The maximum absolute atomic E-state index is 12.1. The van der Waals surface area contributed by atoms with E-state index in [-0.39, 0.29) is 12.5 Å². The number of nitrogens with two attached hydrogens (primary N) is 1. The summed E-state index contributed by atoms with van der Waals surface area (Å²) in [5, 5.41) is 12.8. The number of likely N-dealkylation sites (N-methyl/N-ethyl adjacent to an activating group) is 1. The fourth-order valence-electron chi connectivity index (χ4n) is 1.98. The van der Waals surface area contributed by atoms with E-state index in [0.29, 0.717) is 23.5 Å². The van der Waals surface area contributed by atoms with Crippen LogP contribution in [0.4, 0.5) is 5.69 Å². The molecule has 6 heteroatoms. The lowest BCUT2D eigenvalue weighted by Gasteiger charge is -2.27. The smallest absolute Gasteiger partial charge is 0.251 e. The predicted octanol–water partition coefficient (Wildman–Crippen LogP) is 0.320. The van der Waals surface area contributed by atoms with Crippen molar-refractivity contribution in [1.29, 1.82) is 0 Å². The maximum Gasteiger partial charge on any atom is 0.251 e. The van der Waals surface area contributed by atoms with E-state index in [4.69, 9.17) is 10.5 Å². The normalized spacial score (nSPS) is 13.9. The number of nitrogens with zero attached hydrogens (tertiary/aromatic N) is 1. The summed E-state index contributed by atoms with van der Waals surface area (Å²) in [5.41, 5.74) is 5.57. The molecule has 0 bridgehead atoms. The van der Waals surface area contributed by atoms with Gasteiger partial charge in [-0.1, -0.05) is 0 Å². The number of hydrogen-bond donors (Lipinski definition) is 3. The first-order valence-electron chi connectivity index (χ1n) is 6.33. The van der Waals surface area contributed by atoms with Crippen LogP contribution in [0.1, 0.15) is 17.3 Å². The van der Waals surface area contributed by atoms with Gasteiger partial charge in [0, 0.05) is 30.4 Å². The first-order valence-corrected chi connectivity index (χ1v) is 6.33. The first-order chi connectivity index (χ1) is 9.23. The Kier molecular flexibility index (Phi) is 5.35. The average Bonchev–Trinajstić information content (AvgIpc) is 2.33. The molecule has 0 spiro atoms. The third-order valence-corrected chi connectivity index (χ3v) is 2.71. The fraction of sp³-hybridized carbons (Fsp3) is 0.500. The minimum absolute atomic E-state index is 0.154. The number of nitrogen functional groups attached to an aromatic ring is 1. The SMILES string of the molecule is COc1cc(N)cc(C(=O)NCC(C)(O)CN(C)C)c1. The molecule has 0 fully saturated rings. The third-order valence-electron chi connectivity index (χ3n) is 2.71. The molecule has 1 rings (SSSR count). The Bertz CT molecular complexity index is 473. The molecular weight excluding hydrogens is 258 g/mol. The van der Waals surface area contributed by atoms with Crippen LogP contribution in [0, 0.1) is 0 Å². The highest BCUT2D eigenvalue weighted by molar-refractivity contribution is 5.95. The number of carbonyl (C=O) groups excluding carboxylic acids is 1. The van der Waals surface area contributed by atoms with E-state index in [9.17, 15) is 9.90 Å². The lowest BCUT2D eigenvalue weighted by atomic mass is 10.1. The Morgan fingerprint density at radius 2 is 2.10 bits per heavy atom. The Morgan fingerprint density at radius 1 is 1.45 bits per heavy atom. The Labute approximate surface area is 119 Å². The molecule has 1 amide bonds. The number of aliphatic hydroxyl groups is 1. The number of rotatable bonds is 6. The molecule has 20 heavy (non-hydrogen) atoms. The summed E-state index contributed by atoms with van der Waals surface area (Å²) < 4.78 is 5.07. The van der Waals surface area contributed by atoms with Gasteiger partial charge in [0.1, 0.15) is 5.75 Å². The summed E-state index contributed by atoms with van der Waals surface area (Å²) in [6.45, 7) is 2.28. The van der Waals surface area contributed by atoms with Crippen molar-refractivity contribution in [2.75, 3.05) is 40.0 Å². The molecule has 0 radical (unpaired) electrons. The van der Waals surface area contributed by atoms with Crippen LogP contribution in [0.3, 0.4) is 0 Å². The lowest BCUT2D eigenvalue weighted by Crippen LogP contribution is -2.47. The number of methoxy groups -OCH3 is 1. The summed E-state index contributed by atoms with van der Waals surface area (Å²) in [7, 11) is 5.23. The number of carbonyl (C=O) groups is 1. The average molecular weight is 281 g/mol. The number of benzene rings is 1. The minimum atomic E-state index is -0.996. The molecule has 0 heterocycles. The molecule has 1 atom stereocenters. The molecule has 1 aromatic carbocycles. The van der Waals surface area contributed by atoms with E-state index < -0.39 is 5.60 Å². The molecule has 6 nitrogen and oxygen atoms in total. The minimum Gasteiger partial charge on any atom is -0.497 e. The zero-order valence-corrected chi connectivity index (χ0v) is 12.4. The van der Waals surface area contributed by atoms with Crippen LogP contribution in [-0.4, -0.2) is 55.8 Å². The topological polar surface area (TPSA) is 87.8 Å². The number of hydrogen-bond acceptors (Lipinski definition) is 5. The van der Waals surface area contributed by atoms with Crippen molar-refractivity contribution in [2.45, 2.75) is 12.5 Å². The zero-order valence-electron chi connectivity index (χ0n) is 12.4. The van der Waals surface area contributed by atoms with Crippen LogP contribution in [0.25, 0.3) is 0 Å². The van der Waals surface area contributed by atoms with Gasteiger partial charge in [0.15, 0.2) is 0 Å². The zero-order chi connectivity index (χ0) is 15.3. The van der Waals surface area contributed by atoms with Crippen LogP contribution in [0.15, 0.2) is 18.2 Å². The van der Waals surface area contributed by atoms with Gasteiger partial charge in [-0.05, 0) is 33.2 Å². The van der Waals surface area contributed by atoms with Crippen molar-refractivity contribution in [3.05, 3.63) is 23.8 Å². The molecule has 0 saturated carbocycles. The molecular formula is C14H23N3O3. The molecule has 4 N–H and O–H groups in total. The number of nitrogens with one attached hydrogen (secondary N) is 1. The predicted molar refractivity (Wildman–Crippen MR) is 78.9 cm³/mol. The van der Waals surface area contributed by atoms with Gasteiger partial charge in [-0.2, -0.15) is 0 Å². The van der Waals surface area contributed by atoms with Gasteiger partial charge in [-0.15, -0.1) is 0 Å². The van der Waals surface area contributed by atoms with Crippen molar-refractivity contribution in [3.8, 4) is 5.75 Å². The highest BCUT2D eigenvalue weighted by Gasteiger charge is 2.22. The van der Waals surface area contributed by atoms with Crippen molar-refractivity contribution >= 4 is 11.6 Å². The van der Waals surface area contributed by atoms with E-state index in [2.05, 4.69) is 5.32 Å².